The number of hydrogen-bond acceptors (Lipinski definition) is 9. The van der Waals surface area contributed by atoms with E-state index < -0.39 is 69.6 Å². The molecule has 7 N–H and O–H groups in total. The van der Waals surface area contributed by atoms with E-state index in [9.17, 15) is 34.8 Å². The molecular formula is C33H42FN3O7. The summed E-state index contributed by atoms with van der Waals surface area (Å²) in [7, 11) is 3.07. The van der Waals surface area contributed by atoms with E-state index in [0.29, 0.717) is 11.8 Å². The van der Waals surface area contributed by atoms with Gasteiger partial charge in [-0.15, -0.1) is 0 Å². The van der Waals surface area contributed by atoms with Gasteiger partial charge in [0.25, 0.3) is 5.91 Å². The zero-order chi connectivity index (χ0) is 31.8. The van der Waals surface area contributed by atoms with E-state index in [1.165, 1.54) is 50.7 Å². The van der Waals surface area contributed by atoms with Crippen molar-refractivity contribution in [3.8, 4) is 5.75 Å². The Labute approximate surface area is 255 Å². The number of aliphatic hydroxyl groups excluding tert-OH is 2. The molecule has 3 saturated carbocycles. The Bertz CT molecular complexity index is 1490. The van der Waals surface area contributed by atoms with Crippen LogP contribution in [0.25, 0.3) is 5.76 Å². The summed E-state index contributed by atoms with van der Waals surface area (Å²) >= 11 is 0. The normalized spacial score (nSPS) is 35.0. The van der Waals surface area contributed by atoms with Gasteiger partial charge >= 0.3 is 0 Å². The average molecular weight is 612 g/mol. The minimum atomic E-state index is -2.72. The number of primary amides is 1. The molecular weight excluding hydrogens is 569 g/mol. The number of aromatic hydroxyl groups is 1. The van der Waals surface area contributed by atoms with Crippen molar-refractivity contribution in [3.05, 3.63) is 45.5 Å². The van der Waals surface area contributed by atoms with Crippen molar-refractivity contribution in [2.45, 2.75) is 82.5 Å². The van der Waals surface area contributed by atoms with E-state index in [1.807, 2.05) is 0 Å². The number of carbonyl (C=O) groups is 3. The van der Waals surface area contributed by atoms with Gasteiger partial charge in [-0.05, 0) is 88.8 Å². The standard InChI is InChI=1S/C33H42FN3O7/c1-4-14-5-15-7-16(6-14)9-19(8-15)36-13-18-12-22(38)24-20(26(18)34)10-17-11-21-27(37(2)3)29(40)25(32(35)43)31(42)33(21,44)30(41)23(17)28(24)39/h12,14-17,19,21,27,36,38-39,42,44H,4-11,13H2,1-3H3,(H2,35,43)/t14?,15?,16?,17-,19?,21-,27-,33-/m0/s1. The number of nitrogens with zero attached hydrogens (tertiary/aromatic N) is 1. The molecule has 5 aliphatic carbocycles. The number of aliphatic hydroxyl groups is 3. The van der Waals surface area contributed by atoms with Gasteiger partial charge in [-0.2, -0.15) is 0 Å². The summed E-state index contributed by atoms with van der Waals surface area (Å²) < 4.78 is 16.1. The number of fused-ring (bicyclic) bond motifs is 5. The lowest BCUT2D eigenvalue weighted by molar-refractivity contribution is -0.153. The number of ketones is 2. The first-order valence-electron chi connectivity index (χ1n) is 15.7. The highest BCUT2D eigenvalue weighted by atomic mass is 19.1. The predicted octanol–water partition coefficient (Wildman–Crippen LogP) is 2.80. The molecule has 0 radical (unpaired) electrons. The predicted molar refractivity (Wildman–Crippen MR) is 159 cm³/mol. The number of amides is 1. The Morgan fingerprint density at radius 2 is 1.75 bits per heavy atom. The van der Waals surface area contributed by atoms with E-state index in [-0.39, 0.29) is 47.7 Å². The molecule has 10 nitrogen and oxygen atoms in total. The second-order valence-electron chi connectivity index (χ2n) is 13.9. The number of likely N-dealkylation sites (N-methyl/N-ethyl adjacent to an activating group) is 1. The molecule has 0 heterocycles. The minimum absolute atomic E-state index is 0.0544. The largest absolute Gasteiger partial charge is 0.508 e. The van der Waals surface area contributed by atoms with Crippen LogP contribution in [0.2, 0.25) is 0 Å². The van der Waals surface area contributed by atoms with Crippen molar-refractivity contribution in [2.75, 3.05) is 14.1 Å². The van der Waals surface area contributed by atoms with E-state index in [4.69, 9.17) is 5.73 Å². The summed E-state index contributed by atoms with van der Waals surface area (Å²) in [6.45, 7) is 2.45. The van der Waals surface area contributed by atoms with Crippen molar-refractivity contribution in [2.24, 2.45) is 35.3 Å². The fraction of sp³-hybridized carbons (Fsp3) is 0.606. The molecule has 1 aromatic carbocycles. The van der Waals surface area contributed by atoms with Gasteiger partial charge < -0.3 is 31.5 Å². The van der Waals surface area contributed by atoms with Gasteiger partial charge in [0.05, 0.1) is 11.6 Å². The van der Waals surface area contributed by atoms with Crippen LogP contribution in [-0.4, -0.2) is 74.6 Å². The van der Waals surface area contributed by atoms with Gasteiger partial charge in [0.15, 0.2) is 11.4 Å². The molecule has 2 unspecified atom stereocenters. The number of benzene rings is 1. The van der Waals surface area contributed by atoms with Crippen LogP contribution in [0.15, 0.2) is 23.0 Å². The van der Waals surface area contributed by atoms with Gasteiger partial charge in [-0.1, -0.05) is 13.3 Å². The molecule has 3 fully saturated rings. The van der Waals surface area contributed by atoms with Crippen LogP contribution in [0.1, 0.15) is 68.6 Å². The third-order valence-electron chi connectivity index (χ3n) is 11.1. The van der Waals surface area contributed by atoms with Crippen molar-refractivity contribution in [3.63, 3.8) is 0 Å². The van der Waals surface area contributed by atoms with Crippen LogP contribution in [0.4, 0.5) is 4.39 Å². The molecule has 0 aromatic heterocycles. The molecule has 0 aliphatic heterocycles. The van der Waals surface area contributed by atoms with Gasteiger partial charge in [0.2, 0.25) is 5.78 Å². The summed E-state index contributed by atoms with van der Waals surface area (Å²) in [4.78, 5) is 40.7. The number of nitrogens with two attached hydrogens (primary N) is 1. The zero-order valence-electron chi connectivity index (χ0n) is 25.4. The minimum Gasteiger partial charge on any atom is -0.508 e. The highest BCUT2D eigenvalue weighted by molar-refractivity contribution is 6.24. The fourth-order valence-electron chi connectivity index (χ4n) is 9.22. The molecule has 6 atom stereocenters. The molecule has 0 spiro atoms. The SMILES string of the molecule is CCC1CC2CC(C1)CC(NCc1cc(O)c3c(c1F)C[C@H]1C[C@H]4[C@H](N(C)C)C(=O)C(C(N)=O)=C(O)[C@@]4(O)C(=O)C1=C3O)C2. The fourth-order valence-corrected chi connectivity index (χ4v) is 9.22. The third-order valence-corrected chi connectivity index (χ3v) is 11.1. The Balaban J connectivity index is 1.32. The van der Waals surface area contributed by atoms with Crippen molar-refractivity contribution in [1.29, 1.82) is 0 Å². The molecule has 44 heavy (non-hydrogen) atoms. The lowest BCUT2D eigenvalue weighted by Crippen LogP contribution is -2.65. The van der Waals surface area contributed by atoms with Gasteiger partial charge in [-0.3, -0.25) is 19.3 Å². The summed E-state index contributed by atoms with van der Waals surface area (Å²) in [6.07, 6.45) is 6.85. The lowest BCUT2D eigenvalue weighted by atomic mass is 9.57. The molecule has 11 heteroatoms. The molecule has 1 amide bonds. The molecule has 5 aliphatic rings. The monoisotopic (exact) mass is 611 g/mol. The summed E-state index contributed by atoms with van der Waals surface area (Å²) in [5.74, 6) is -5.98. The highest BCUT2D eigenvalue weighted by Gasteiger charge is 2.64. The maximum atomic E-state index is 16.1. The van der Waals surface area contributed by atoms with Crippen LogP contribution >= 0.6 is 0 Å². The number of Topliss-reactive ketones (excluding diaryl/α,β-unsaturated/α-hetero) is 2. The number of phenols is 1. The smallest absolute Gasteiger partial charge is 0.255 e. The Morgan fingerprint density at radius 1 is 1.09 bits per heavy atom. The lowest BCUT2D eigenvalue weighted by Gasteiger charge is -2.50. The molecule has 0 saturated heterocycles. The third kappa shape index (κ3) is 4.58. The van der Waals surface area contributed by atoms with E-state index in [1.54, 1.807) is 0 Å². The maximum absolute atomic E-state index is 16.1. The number of rotatable bonds is 6. The Hall–Kier alpha value is -3.28. The molecule has 1 aromatic rings. The first-order chi connectivity index (χ1) is 20.8. The Kier molecular flexibility index (Phi) is 7.65. The van der Waals surface area contributed by atoms with Crippen LogP contribution in [0.5, 0.6) is 5.75 Å². The number of carbonyl (C=O) groups excluding carboxylic acids is 3. The van der Waals surface area contributed by atoms with Crippen LogP contribution < -0.4 is 11.1 Å². The highest BCUT2D eigenvalue weighted by Crippen LogP contribution is 2.53. The molecule has 238 valence electrons. The summed E-state index contributed by atoms with van der Waals surface area (Å²) in [6, 6.07) is 0.313. The van der Waals surface area contributed by atoms with Gasteiger partial charge in [-0.25, -0.2) is 4.39 Å². The second-order valence-corrected chi connectivity index (χ2v) is 13.9. The average Bonchev–Trinajstić information content (AvgIpc) is 2.95. The second kappa shape index (κ2) is 11.0. The van der Waals surface area contributed by atoms with Crippen LogP contribution in [0, 0.1) is 35.4 Å². The van der Waals surface area contributed by atoms with Crippen LogP contribution in [0.3, 0.4) is 0 Å². The molecule has 6 rings (SSSR count). The Morgan fingerprint density at radius 3 is 2.34 bits per heavy atom. The topological polar surface area (TPSA) is 173 Å². The summed E-state index contributed by atoms with van der Waals surface area (Å²) in [5, 5.41) is 48.5. The van der Waals surface area contributed by atoms with Gasteiger partial charge in [0.1, 0.15) is 28.7 Å². The zero-order valence-corrected chi connectivity index (χ0v) is 25.4. The number of hydrogen-bond donors (Lipinski definition) is 6. The molecule has 2 bridgehead atoms. The van der Waals surface area contributed by atoms with Gasteiger partial charge in [0, 0.05) is 35.2 Å². The first kappa shape index (κ1) is 30.7. The van der Waals surface area contributed by atoms with E-state index >= 15 is 4.39 Å². The number of phenolic OH excluding ortho intramolecular Hbond substituents is 1. The van der Waals surface area contributed by atoms with E-state index in [2.05, 4.69) is 12.2 Å². The summed E-state index contributed by atoms with van der Waals surface area (Å²) in [5.41, 5.74) is 1.54. The van der Waals surface area contributed by atoms with Crippen molar-refractivity contribution in [1.82, 2.24) is 10.2 Å². The van der Waals surface area contributed by atoms with Crippen LogP contribution in [-0.2, 0) is 27.3 Å². The quantitative estimate of drug-likeness (QED) is 0.265. The number of nitrogens with one attached hydrogen (secondary N) is 1. The van der Waals surface area contributed by atoms with E-state index in [0.717, 1.165) is 18.8 Å². The number of halogens is 1. The first-order valence-corrected chi connectivity index (χ1v) is 15.7. The van der Waals surface area contributed by atoms with Crippen molar-refractivity contribution >= 4 is 23.2 Å². The maximum Gasteiger partial charge on any atom is 0.255 e. The van der Waals surface area contributed by atoms with Crippen molar-refractivity contribution < 1.29 is 39.2 Å².